The van der Waals surface area contributed by atoms with Crippen LogP contribution in [0.4, 0.5) is 0 Å². The fourth-order valence-electron chi connectivity index (χ4n) is 2.76. The lowest BCUT2D eigenvalue weighted by Gasteiger charge is -2.27. The van der Waals surface area contributed by atoms with E-state index in [1.165, 1.54) is 10.4 Å². The Morgan fingerprint density at radius 1 is 1.44 bits per heavy atom. The van der Waals surface area contributed by atoms with Crippen molar-refractivity contribution >= 4 is 15.9 Å². The molecular formula is C18H29N3O3S. The van der Waals surface area contributed by atoms with Crippen molar-refractivity contribution in [1.82, 2.24) is 13.8 Å². The maximum atomic E-state index is 12.8. The summed E-state index contributed by atoms with van der Waals surface area (Å²) in [5, 5.41) is 0. The largest absolute Gasteiger partial charge is 0.353 e. The van der Waals surface area contributed by atoms with Crippen molar-refractivity contribution in [2.45, 2.75) is 45.2 Å². The van der Waals surface area contributed by atoms with Gasteiger partial charge in [-0.2, -0.15) is 4.31 Å². The second-order valence-electron chi connectivity index (χ2n) is 6.61. The van der Waals surface area contributed by atoms with Gasteiger partial charge in [0.1, 0.15) is 0 Å². The minimum Gasteiger partial charge on any atom is -0.353 e. The van der Waals surface area contributed by atoms with E-state index in [-0.39, 0.29) is 30.8 Å². The van der Waals surface area contributed by atoms with E-state index in [4.69, 9.17) is 0 Å². The van der Waals surface area contributed by atoms with Crippen molar-refractivity contribution < 1.29 is 13.2 Å². The van der Waals surface area contributed by atoms with Crippen LogP contribution in [0.15, 0.2) is 31.0 Å². The highest BCUT2D eigenvalue weighted by atomic mass is 32.2. The number of aryl methyl sites for hydroxylation is 1. The zero-order valence-corrected chi connectivity index (χ0v) is 16.0. The lowest BCUT2D eigenvalue weighted by molar-refractivity contribution is -0.132. The van der Waals surface area contributed by atoms with E-state index in [0.29, 0.717) is 13.0 Å². The highest BCUT2D eigenvalue weighted by Crippen LogP contribution is 2.28. The molecule has 0 saturated heterocycles. The number of hydrogen-bond donors (Lipinski definition) is 0. The van der Waals surface area contributed by atoms with E-state index < -0.39 is 10.0 Å². The summed E-state index contributed by atoms with van der Waals surface area (Å²) in [6.45, 7) is 6.16. The Morgan fingerprint density at radius 2 is 2.16 bits per heavy atom. The van der Waals surface area contributed by atoms with E-state index in [2.05, 4.69) is 6.58 Å². The SMILES string of the molecule is C=CCN(CC(=O)N(Cc1cccn1C)C1CC1)S(=O)(=O)CCCC. The number of aromatic nitrogens is 1. The molecule has 1 fully saturated rings. The molecule has 7 heteroatoms. The first-order chi connectivity index (χ1) is 11.9. The van der Waals surface area contributed by atoms with E-state index in [0.717, 1.165) is 25.0 Å². The van der Waals surface area contributed by atoms with Crippen LogP contribution >= 0.6 is 0 Å². The molecule has 140 valence electrons. The Kier molecular flexibility index (Phi) is 6.84. The molecule has 1 saturated carbocycles. The standard InChI is InChI=1S/C18H29N3O3S/c1-4-6-13-25(23,24)20(11-5-2)15-18(22)21(16-9-10-16)14-17-8-7-12-19(17)3/h5,7-8,12,16H,2,4,6,9-11,13-15H2,1,3H3. The molecule has 0 unspecified atom stereocenters. The second kappa shape index (κ2) is 8.67. The highest BCUT2D eigenvalue weighted by Gasteiger charge is 2.35. The molecule has 1 aliphatic carbocycles. The summed E-state index contributed by atoms with van der Waals surface area (Å²) < 4.78 is 28.2. The molecule has 0 spiro atoms. The highest BCUT2D eigenvalue weighted by molar-refractivity contribution is 7.89. The third kappa shape index (κ3) is 5.44. The monoisotopic (exact) mass is 367 g/mol. The average Bonchev–Trinajstić information content (AvgIpc) is 3.33. The Morgan fingerprint density at radius 3 is 2.68 bits per heavy atom. The first-order valence-corrected chi connectivity index (χ1v) is 10.5. The van der Waals surface area contributed by atoms with Gasteiger partial charge in [0.05, 0.1) is 18.8 Å². The van der Waals surface area contributed by atoms with Gasteiger partial charge in [-0.1, -0.05) is 19.4 Å². The van der Waals surface area contributed by atoms with Crippen molar-refractivity contribution in [1.29, 1.82) is 0 Å². The molecule has 1 aromatic heterocycles. The summed E-state index contributed by atoms with van der Waals surface area (Å²) >= 11 is 0. The first-order valence-electron chi connectivity index (χ1n) is 8.87. The van der Waals surface area contributed by atoms with Crippen LogP contribution in [0, 0.1) is 0 Å². The van der Waals surface area contributed by atoms with Gasteiger partial charge >= 0.3 is 0 Å². The van der Waals surface area contributed by atoms with Crippen LogP contribution in [0.25, 0.3) is 0 Å². The number of nitrogens with zero attached hydrogens (tertiary/aromatic N) is 3. The number of unbranched alkanes of at least 4 members (excludes halogenated alkanes) is 1. The fraction of sp³-hybridized carbons (Fsp3) is 0.611. The Bertz CT molecular complexity index is 692. The molecular weight excluding hydrogens is 338 g/mol. The molecule has 0 radical (unpaired) electrons. The summed E-state index contributed by atoms with van der Waals surface area (Å²) in [6.07, 6.45) is 6.86. The maximum Gasteiger partial charge on any atom is 0.238 e. The molecule has 6 nitrogen and oxygen atoms in total. The lowest BCUT2D eigenvalue weighted by Crippen LogP contribution is -2.44. The molecule has 2 rings (SSSR count). The van der Waals surface area contributed by atoms with Crippen LogP contribution in [-0.2, 0) is 28.4 Å². The topological polar surface area (TPSA) is 62.6 Å². The van der Waals surface area contributed by atoms with Crippen LogP contribution in [0.2, 0.25) is 0 Å². The van der Waals surface area contributed by atoms with Crippen molar-refractivity contribution in [3.05, 3.63) is 36.7 Å². The van der Waals surface area contributed by atoms with Gasteiger partial charge in [0.2, 0.25) is 15.9 Å². The van der Waals surface area contributed by atoms with Gasteiger partial charge in [-0.05, 0) is 31.4 Å². The minimum absolute atomic E-state index is 0.0753. The molecule has 25 heavy (non-hydrogen) atoms. The Balaban J connectivity index is 2.09. The number of carbonyl (C=O) groups excluding carboxylic acids is 1. The lowest BCUT2D eigenvalue weighted by atomic mass is 10.3. The fourth-order valence-corrected chi connectivity index (χ4v) is 4.31. The van der Waals surface area contributed by atoms with Gasteiger partial charge in [0.15, 0.2) is 0 Å². The maximum absolute atomic E-state index is 12.8. The summed E-state index contributed by atoms with van der Waals surface area (Å²) in [5.74, 6) is -0.0584. The van der Waals surface area contributed by atoms with Gasteiger partial charge in [-0.25, -0.2) is 8.42 Å². The predicted octanol–water partition coefficient (Wildman–Crippen LogP) is 2.13. The average molecular weight is 368 g/mol. The zero-order valence-electron chi connectivity index (χ0n) is 15.2. The number of amides is 1. The van der Waals surface area contributed by atoms with Gasteiger partial charge < -0.3 is 9.47 Å². The predicted molar refractivity (Wildman–Crippen MR) is 99.4 cm³/mol. The van der Waals surface area contributed by atoms with Crippen molar-refractivity contribution in [2.75, 3.05) is 18.8 Å². The van der Waals surface area contributed by atoms with E-state index >= 15 is 0 Å². The number of hydrogen-bond acceptors (Lipinski definition) is 3. The summed E-state index contributed by atoms with van der Waals surface area (Å²) in [6, 6.07) is 4.16. The molecule has 0 aromatic carbocycles. The summed E-state index contributed by atoms with van der Waals surface area (Å²) in [5.41, 5.74) is 1.05. The summed E-state index contributed by atoms with van der Waals surface area (Å²) in [7, 11) is -1.49. The summed E-state index contributed by atoms with van der Waals surface area (Å²) in [4.78, 5) is 14.7. The van der Waals surface area contributed by atoms with Gasteiger partial charge in [-0.15, -0.1) is 6.58 Å². The molecule has 0 aliphatic heterocycles. The first kappa shape index (κ1) is 19.7. The molecule has 1 aliphatic rings. The van der Waals surface area contributed by atoms with Gasteiger partial charge in [-0.3, -0.25) is 4.79 Å². The normalized spacial score (nSPS) is 14.7. The molecule has 1 amide bonds. The third-order valence-corrected chi connectivity index (χ3v) is 6.35. The van der Waals surface area contributed by atoms with Crippen molar-refractivity contribution in [2.24, 2.45) is 7.05 Å². The quantitative estimate of drug-likeness (QED) is 0.563. The van der Waals surface area contributed by atoms with E-state index in [9.17, 15) is 13.2 Å². The minimum atomic E-state index is -3.44. The Labute approximate surface area is 151 Å². The van der Waals surface area contributed by atoms with Gasteiger partial charge in [0, 0.05) is 31.5 Å². The Hall–Kier alpha value is -1.60. The van der Waals surface area contributed by atoms with E-state index in [1.54, 1.807) is 0 Å². The second-order valence-corrected chi connectivity index (χ2v) is 8.70. The van der Waals surface area contributed by atoms with Crippen LogP contribution < -0.4 is 0 Å². The molecule has 1 heterocycles. The smallest absolute Gasteiger partial charge is 0.238 e. The molecule has 0 atom stereocenters. The number of carbonyl (C=O) groups is 1. The number of rotatable bonds is 11. The molecule has 0 N–H and O–H groups in total. The van der Waals surface area contributed by atoms with Crippen molar-refractivity contribution in [3.8, 4) is 0 Å². The van der Waals surface area contributed by atoms with Crippen molar-refractivity contribution in [3.63, 3.8) is 0 Å². The number of sulfonamides is 1. The molecule has 0 bridgehead atoms. The zero-order chi connectivity index (χ0) is 18.4. The van der Waals surface area contributed by atoms with Gasteiger partial charge in [0.25, 0.3) is 0 Å². The van der Waals surface area contributed by atoms with Crippen LogP contribution in [0.5, 0.6) is 0 Å². The van der Waals surface area contributed by atoms with Crippen LogP contribution in [0.3, 0.4) is 0 Å². The van der Waals surface area contributed by atoms with Crippen LogP contribution in [0.1, 0.15) is 38.3 Å². The van der Waals surface area contributed by atoms with E-state index in [1.807, 2.05) is 41.8 Å². The third-order valence-electron chi connectivity index (χ3n) is 4.49. The van der Waals surface area contributed by atoms with Crippen LogP contribution in [-0.4, -0.2) is 53.0 Å². The molecule has 1 aromatic rings.